The monoisotopic (exact) mass is 255 g/mol. The van der Waals surface area contributed by atoms with E-state index in [1.165, 1.54) is 30.0 Å². The SMILES string of the molecule is O=C(O)OC1CSC(c2ccc(O)cc2O)=N1. The Bertz CT molecular complexity index is 488. The number of aromatic hydroxyl groups is 2. The standard InChI is InChI=1S/C10H9NO5S/c12-5-1-2-6(7(13)3-5)9-11-8(4-17-9)16-10(14)15/h1-3,8,12-13H,4H2,(H,14,15). The maximum absolute atomic E-state index is 10.3. The molecule has 0 fully saturated rings. The molecule has 0 bridgehead atoms. The van der Waals surface area contributed by atoms with Crippen LogP contribution in [0.15, 0.2) is 23.2 Å². The Morgan fingerprint density at radius 3 is 2.88 bits per heavy atom. The Hall–Kier alpha value is -1.89. The summed E-state index contributed by atoms with van der Waals surface area (Å²) in [4.78, 5) is 14.4. The van der Waals surface area contributed by atoms with Crippen molar-refractivity contribution in [2.24, 2.45) is 4.99 Å². The van der Waals surface area contributed by atoms with Crippen molar-refractivity contribution in [3.8, 4) is 11.5 Å². The number of thioether (sulfide) groups is 1. The van der Waals surface area contributed by atoms with Gasteiger partial charge in [0.25, 0.3) is 0 Å². The zero-order valence-corrected chi connectivity index (χ0v) is 9.35. The molecule has 2 rings (SSSR count). The van der Waals surface area contributed by atoms with E-state index < -0.39 is 12.4 Å². The molecule has 1 heterocycles. The summed E-state index contributed by atoms with van der Waals surface area (Å²) < 4.78 is 4.50. The first-order chi connectivity index (χ1) is 8.06. The van der Waals surface area contributed by atoms with Crippen LogP contribution in [0.4, 0.5) is 4.79 Å². The molecule has 90 valence electrons. The maximum atomic E-state index is 10.3. The molecule has 0 saturated heterocycles. The van der Waals surface area contributed by atoms with Gasteiger partial charge in [0.15, 0.2) is 0 Å². The second-order valence-corrected chi connectivity index (χ2v) is 4.29. The highest BCUT2D eigenvalue weighted by Gasteiger charge is 2.24. The summed E-state index contributed by atoms with van der Waals surface area (Å²) in [5.41, 5.74) is 0.448. The van der Waals surface area contributed by atoms with Crippen molar-refractivity contribution >= 4 is 23.0 Å². The van der Waals surface area contributed by atoms with Crippen molar-refractivity contribution in [1.82, 2.24) is 0 Å². The minimum Gasteiger partial charge on any atom is -0.508 e. The van der Waals surface area contributed by atoms with Crippen LogP contribution >= 0.6 is 11.8 Å². The molecule has 0 spiro atoms. The van der Waals surface area contributed by atoms with E-state index in [0.717, 1.165) is 0 Å². The average molecular weight is 255 g/mol. The van der Waals surface area contributed by atoms with Gasteiger partial charge in [-0.25, -0.2) is 9.79 Å². The molecule has 17 heavy (non-hydrogen) atoms. The van der Waals surface area contributed by atoms with Gasteiger partial charge in [-0.1, -0.05) is 0 Å². The Morgan fingerprint density at radius 1 is 1.47 bits per heavy atom. The average Bonchev–Trinajstić information content (AvgIpc) is 2.65. The molecule has 7 heteroatoms. The minimum absolute atomic E-state index is 0.0480. The molecule has 1 unspecified atom stereocenters. The van der Waals surface area contributed by atoms with Crippen molar-refractivity contribution in [2.75, 3.05) is 5.75 Å². The molecule has 1 aromatic rings. The first-order valence-corrected chi connectivity index (χ1v) is 5.67. The highest BCUT2D eigenvalue weighted by Crippen LogP contribution is 2.31. The summed E-state index contributed by atoms with van der Waals surface area (Å²) >= 11 is 1.29. The molecule has 6 nitrogen and oxygen atoms in total. The summed E-state index contributed by atoms with van der Waals surface area (Å²) in [6.45, 7) is 0. The van der Waals surface area contributed by atoms with Gasteiger partial charge in [-0.15, -0.1) is 11.8 Å². The van der Waals surface area contributed by atoms with Crippen LogP contribution in [0.3, 0.4) is 0 Å². The topological polar surface area (TPSA) is 99.4 Å². The van der Waals surface area contributed by atoms with Crippen LogP contribution in [0.5, 0.6) is 11.5 Å². The number of hydrogen-bond donors (Lipinski definition) is 3. The molecule has 0 radical (unpaired) electrons. The predicted molar refractivity (Wildman–Crippen MR) is 61.7 cm³/mol. The van der Waals surface area contributed by atoms with E-state index in [1.807, 2.05) is 0 Å². The number of carbonyl (C=O) groups is 1. The highest BCUT2D eigenvalue weighted by molar-refractivity contribution is 8.14. The van der Waals surface area contributed by atoms with Crippen molar-refractivity contribution in [2.45, 2.75) is 6.23 Å². The lowest BCUT2D eigenvalue weighted by molar-refractivity contribution is 0.0651. The molecule has 3 N–H and O–H groups in total. The van der Waals surface area contributed by atoms with Gasteiger partial charge in [0.1, 0.15) is 16.5 Å². The van der Waals surface area contributed by atoms with Gasteiger partial charge in [-0.3, -0.25) is 0 Å². The fraction of sp³-hybridized carbons (Fsp3) is 0.200. The lowest BCUT2D eigenvalue weighted by atomic mass is 10.2. The van der Waals surface area contributed by atoms with Crippen LogP contribution in [0, 0.1) is 0 Å². The molecule has 0 amide bonds. The normalized spacial score (nSPS) is 18.8. The molecule has 0 aliphatic carbocycles. The zero-order chi connectivity index (χ0) is 12.4. The van der Waals surface area contributed by atoms with E-state index in [4.69, 9.17) is 10.2 Å². The smallest absolute Gasteiger partial charge is 0.507 e. The Labute approximate surface area is 101 Å². The second kappa shape index (κ2) is 4.54. The number of ether oxygens (including phenoxy) is 1. The van der Waals surface area contributed by atoms with Gasteiger partial charge >= 0.3 is 6.16 Å². The summed E-state index contributed by atoms with van der Waals surface area (Å²) in [6.07, 6.45) is -2.13. The predicted octanol–water partition coefficient (Wildman–Crippen LogP) is 1.61. The van der Waals surface area contributed by atoms with Crippen LogP contribution in [-0.4, -0.2) is 38.5 Å². The number of nitrogens with zero attached hydrogens (tertiary/aromatic N) is 1. The first kappa shape index (κ1) is 11.6. The minimum atomic E-state index is -1.38. The molecule has 0 aromatic heterocycles. The van der Waals surface area contributed by atoms with Gasteiger partial charge < -0.3 is 20.1 Å². The van der Waals surface area contributed by atoms with Gasteiger partial charge in [0.05, 0.1) is 5.75 Å². The lowest BCUT2D eigenvalue weighted by Crippen LogP contribution is -2.13. The van der Waals surface area contributed by atoms with E-state index in [0.29, 0.717) is 16.4 Å². The van der Waals surface area contributed by atoms with Crippen molar-refractivity contribution in [3.63, 3.8) is 0 Å². The lowest BCUT2D eigenvalue weighted by Gasteiger charge is -2.03. The van der Waals surface area contributed by atoms with E-state index in [-0.39, 0.29) is 11.5 Å². The molecule has 1 aliphatic rings. The molecule has 1 aliphatic heterocycles. The fourth-order valence-corrected chi connectivity index (χ4v) is 2.34. The summed E-state index contributed by atoms with van der Waals surface area (Å²) in [7, 11) is 0. The molecule has 1 aromatic carbocycles. The van der Waals surface area contributed by atoms with Crippen molar-refractivity contribution in [1.29, 1.82) is 0 Å². The van der Waals surface area contributed by atoms with Gasteiger partial charge in [0, 0.05) is 11.6 Å². The second-order valence-electron chi connectivity index (χ2n) is 3.29. The fourth-order valence-electron chi connectivity index (χ4n) is 1.38. The first-order valence-electron chi connectivity index (χ1n) is 4.69. The molecule has 1 atom stereocenters. The largest absolute Gasteiger partial charge is 0.508 e. The van der Waals surface area contributed by atoms with Crippen LogP contribution < -0.4 is 0 Å². The van der Waals surface area contributed by atoms with Crippen LogP contribution in [0.25, 0.3) is 0 Å². The number of phenols is 2. The van der Waals surface area contributed by atoms with Gasteiger partial charge in [0.2, 0.25) is 6.23 Å². The highest BCUT2D eigenvalue weighted by atomic mass is 32.2. The molecular weight excluding hydrogens is 246 g/mol. The Kier molecular flexibility index (Phi) is 3.10. The third-order valence-electron chi connectivity index (χ3n) is 2.07. The maximum Gasteiger partial charge on any atom is 0.507 e. The third kappa shape index (κ3) is 2.62. The number of phenolic OH excluding ortho intramolecular Hbond substituents is 2. The van der Waals surface area contributed by atoms with E-state index in [2.05, 4.69) is 9.73 Å². The number of aliphatic imine (C=N–C) groups is 1. The van der Waals surface area contributed by atoms with Crippen molar-refractivity contribution < 1.29 is 24.9 Å². The summed E-state index contributed by atoms with van der Waals surface area (Å²) in [5.74, 6) is 0.225. The Balaban J connectivity index is 2.21. The van der Waals surface area contributed by atoms with E-state index in [9.17, 15) is 9.90 Å². The quantitative estimate of drug-likeness (QED) is 0.694. The van der Waals surface area contributed by atoms with E-state index in [1.54, 1.807) is 0 Å². The van der Waals surface area contributed by atoms with E-state index >= 15 is 0 Å². The third-order valence-corrected chi connectivity index (χ3v) is 3.12. The summed E-state index contributed by atoms with van der Waals surface area (Å²) in [6, 6.07) is 4.13. The zero-order valence-electron chi connectivity index (χ0n) is 8.53. The van der Waals surface area contributed by atoms with Gasteiger partial charge in [-0.2, -0.15) is 0 Å². The van der Waals surface area contributed by atoms with Gasteiger partial charge in [-0.05, 0) is 12.1 Å². The number of benzene rings is 1. The number of rotatable bonds is 2. The van der Waals surface area contributed by atoms with Crippen LogP contribution in [0.2, 0.25) is 0 Å². The van der Waals surface area contributed by atoms with Crippen molar-refractivity contribution in [3.05, 3.63) is 23.8 Å². The molecular formula is C10H9NO5S. The Morgan fingerprint density at radius 2 is 2.24 bits per heavy atom. The number of hydrogen-bond acceptors (Lipinski definition) is 6. The van der Waals surface area contributed by atoms with Crippen LogP contribution in [0.1, 0.15) is 5.56 Å². The molecule has 0 saturated carbocycles. The number of carboxylic acid groups (broad SMARTS) is 1. The summed E-state index contributed by atoms with van der Waals surface area (Å²) in [5, 5.41) is 27.7. The van der Waals surface area contributed by atoms with Crippen LogP contribution in [-0.2, 0) is 4.74 Å².